The summed E-state index contributed by atoms with van der Waals surface area (Å²) in [6, 6.07) is 0. The van der Waals surface area contributed by atoms with E-state index in [1.54, 1.807) is 0 Å². The monoisotopic (exact) mass is 128 g/mol. The summed E-state index contributed by atoms with van der Waals surface area (Å²) in [5.41, 5.74) is 0.220. The third-order valence-electron chi connectivity index (χ3n) is 2.94. The maximum absolute atomic E-state index is 13.0. The van der Waals surface area contributed by atoms with Gasteiger partial charge < -0.3 is 0 Å². The van der Waals surface area contributed by atoms with Crippen LogP contribution in [-0.4, -0.2) is 6.17 Å². The SMILES string of the molecule is FC1CCCCC12CC2. The van der Waals surface area contributed by atoms with Gasteiger partial charge in [-0.05, 0) is 25.7 Å². The largest absolute Gasteiger partial charge is 0.247 e. The van der Waals surface area contributed by atoms with Gasteiger partial charge in [0.2, 0.25) is 0 Å². The van der Waals surface area contributed by atoms with Crippen LogP contribution in [0, 0.1) is 5.41 Å². The highest BCUT2D eigenvalue weighted by Gasteiger charge is 2.50. The summed E-state index contributed by atoms with van der Waals surface area (Å²) in [6.07, 6.45) is 6.34. The highest BCUT2D eigenvalue weighted by Crippen LogP contribution is 2.57. The Morgan fingerprint density at radius 1 is 1.11 bits per heavy atom. The molecule has 0 saturated heterocycles. The van der Waals surface area contributed by atoms with Gasteiger partial charge in [0.1, 0.15) is 6.17 Å². The number of halogens is 1. The van der Waals surface area contributed by atoms with Gasteiger partial charge in [0, 0.05) is 5.41 Å². The smallest absolute Gasteiger partial charge is 0.106 e. The fraction of sp³-hybridized carbons (Fsp3) is 1.00. The fourth-order valence-electron chi connectivity index (χ4n) is 1.99. The van der Waals surface area contributed by atoms with E-state index in [-0.39, 0.29) is 5.41 Å². The Kier molecular flexibility index (Phi) is 1.08. The zero-order valence-corrected chi connectivity index (χ0v) is 5.70. The molecule has 2 aliphatic carbocycles. The van der Waals surface area contributed by atoms with Crippen LogP contribution in [0.25, 0.3) is 0 Å². The van der Waals surface area contributed by atoms with Crippen LogP contribution < -0.4 is 0 Å². The second kappa shape index (κ2) is 1.71. The fourth-order valence-corrected chi connectivity index (χ4v) is 1.99. The van der Waals surface area contributed by atoms with Crippen LogP contribution in [0.3, 0.4) is 0 Å². The minimum absolute atomic E-state index is 0.220. The van der Waals surface area contributed by atoms with Crippen molar-refractivity contribution in [1.29, 1.82) is 0 Å². The first-order chi connectivity index (χ1) is 4.33. The van der Waals surface area contributed by atoms with Gasteiger partial charge in [-0.3, -0.25) is 0 Å². The second-order valence-corrected chi connectivity index (χ2v) is 3.58. The minimum atomic E-state index is -0.439. The maximum atomic E-state index is 13.0. The van der Waals surface area contributed by atoms with E-state index in [9.17, 15) is 4.39 Å². The molecule has 1 heteroatoms. The van der Waals surface area contributed by atoms with Crippen LogP contribution >= 0.6 is 0 Å². The number of hydrogen-bond acceptors (Lipinski definition) is 0. The molecule has 0 aromatic carbocycles. The second-order valence-electron chi connectivity index (χ2n) is 3.58. The van der Waals surface area contributed by atoms with Crippen molar-refractivity contribution in [3.8, 4) is 0 Å². The van der Waals surface area contributed by atoms with Crippen LogP contribution in [0.5, 0.6) is 0 Å². The summed E-state index contributed by atoms with van der Waals surface area (Å²) in [7, 11) is 0. The highest BCUT2D eigenvalue weighted by molar-refractivity contribution is 5.00. The molecule has 1 atom stereocenters. The molecule has 2 aliphatic rings. The molecular formula is C8H13F. The predicted octanol–water partition coefficient (Wildman–Crippen LogP) is 2.68. The molecule has 0 heterocycles. The normalized spacial score (nSPS) is 39.0. The van der Waals surface area contributed by atoms with Crippen LogP contribution in [0.1, 0.15) is 38.5 Å². The van der Waals surface area contributed by atoms with E-state index in [0.717, 1.165) is 12.8 Å². The molecular weight excluding hydrogens is 115 g/mol. The average molecular weight is 128 g/mol. The van der Waals surface area contributed by atoms with Crippen LogP contribution in [0.2, 0.25) is 0 Å². The van der Waals surface area contributed by atoms with E-state index in [2.05, 4.69) is 0 Å². The molecule has 52 valence electrons. The summed E-state index contributed by atoms with van der Waals surface area (Å²) in [5, 5.41) is 0. The molecule has 1 spiro atoms. The molecule has 2 rings (SSSR count). The first kappa shape index (κ1) is 5.70. The molecule has 0 nitrogen and oxygen atoms in total. The van der Waals surface area contributed by atoms with E-state index in [1.165, 1.54) is 25.7 Å². The van der Waals surface area contributed by atoms with Gasteiger partial charge in [0.05, 0.1) is 0 Å². The molecule has 0 N–H and O–H groups in total. The average Bonchev–Trinajstić information content (AvgIpc) is 2.60. The van der Waals surface area contributed by atoms with E-state index in [0.29, 0.717) is 0 Å². The first-order valence-electron chi connectivity index (χ1n) is 3.98. The van der Waals surface area contributed by atoms with Crippen LogP contribution in [-0.2, 0) is 0 Å². The number of alkyl halides is 1. The van der Waals surface area contributed by atoms with Crippen molar-refractivity contribution in [3.05, 3.63) is 0 Å². The molecule has 0 amide bonds. The van der Waals surface area contributed by atoms with Crippen LogP contribution in [0.15, 0.2) is 0 Å². The topological polar surface area (TPSA) is 0 Å². The van der Waals surface area contributed by atoms with Gasteiger partial charge in [-0.1, -0.05) is 12.8 Å². The third-order valence-corrected chi connectivity index (χ3v) is 2.94. The van der Waals surface area contributed by atoms with Gasteiger partial charge in [0.15, 0.2) is 0 Å². The Balaban J connectivity index is 2.03. The van der Waals surface area contributed by atoms with E-state index in [4.69, 9.17) is 0 Å². The van der Waals surface area contributed by atoms with E-state index in [1.807, 2.05) is 0 Å². The summed E-state index contributed by atoms with van der Waals surface area (Å²) in [4.78, 5) is 0. The molecule has 2 fully saturated rings. The van der Waals surface area contributed by atoms with Crippen LogP contribution in [0.4, 0.5) is 4.39 Å². The maximum Gasteiger partial charge on any atom is 0.106 e. The van der Waals surface area contributed by atoms with Crippen molar-refractivity contribution in [2.24, 2.45) is 5.41 Å². The minimum Gasteiger partial charge on any atom is -0.247 e. The van der Waals surface area contributed by atoms with Crippen molar-refractivity contribution >= 4 is 0 Å². The van der Waals surface area contributed by atoms with Gasteiger partial charge in [-0.15, -0.1) is 0 Å². The van der Waals surface area contributed by atoms with Gasteiger partial charge in [-0.2, -0.15) is 0 Å². The highest BCUT2D eigenvalue weighted by atomic mass is 19.1. The Hall–Kier alpha value is -0.0700. The van der Waals surface area contributed by atoms with Gasteiger partial charge >= 0.3 is 0 Å². The summed E-state index contributed by atoms with van der Waals surface area (Å²) < 4.78 is 13.0. The van der Waals surface area contributed by atoms with Crippen molar-refractivity contribution in [2.75, 3.05) is 0 Å². The summed E-state index contributed by atoms with van der Waals surface area (Å²) in [5.74, 6) is 0. The van der Waals surface area contributed by atoms with E-state index < -0.39 is 6.17 Å². The lowest BCUT2D eigenvalue weighted by molar-refractivity contribution is 0.146. The first-order valence-corrected chi connectivity index (χ1v) is 3.98. The zero-order valence-electron chi connectivity index (χ0n) is 5.70. The molecule has 9 heavy (non-hydrogen) atoms. The Morgan fingerprint density at radius 2 is 1.89 bits per heavy atom. The van der Waals surface area contributed by atoms with Gasteiger partial charge in [-0.25, -0.2) is 4.39 Å². The quantitative estimate of drug-likeness (QED) is 0.470. The lowest BCUT2D eigenvalue weighted by atomic mass is 9.85. The number of hydrogen-bond donors (Lipinski definition) is 0. The molecule has 0 bridgehead atoms. The van der Waals surface area contributed by atoms with Crippen molar-refractivity contribution in [2.45, 2.75) is 44.7 Å². The lowest BCUT2D eigenvalue weighted by Gasteiger charge is -2.24. The number of rotatable bonds is 0. The third kappa shape index (κ3) is 0.778. The van der Waals surface area contributed by atoms with Crippen molar-refractivity contribution in [3.63, 3.8) is 0 Å². The summed E-state index contributed by atoms with van der Waals surface area (Å²) >= 11 is 0. The molecule has 0 aromatic heterocycles. The molecule has 0 radical (unpaired) electrons. The molecule has 0 aromatic rings. The van der Waals surface area contributed by atoms with E-state index >= 15 is 0 Å². The van der Waals surface area contributed by atoms with Gasteiger partial charge in [0.25, 0.3) is 0 Å². The Morgan fingerprint density at radius 3 is 2.33 bits per heavy atom. The standard InChI is InChI=1S/C8H13F/c9-7-3-1-2-4-8(7)5-6-8/h7H,1-6H2. The zero-order chi connectivity index (χ0) is 6.32. The molecule has 0 aliphatic heterocycles. The molecule has 1 unspecified atom stereocenters. The molecule has 2 saturated carbocycles. The predicted molar refractivity (Wildman–Crippen MR) is 35.0 cm³/mol. The Bertz CT molecular complexity index is 116. The van der Waals surface area contributed by atoms with Crippen molar-refractivity contribution < 1.29 is 4.39 Å². The Labute approximate surface area is 55.4 Å². The summed E-state index contributed by atoms with van der Waals surface area (Å²) in [6.45, 7) is 0. The van der Waals surface area contributed by atoms with Crippen molar-refractivity contribution in [1.82, 2.24) is 0 Å². The lowest BCUT2D eigenvalue weighted by Crippen LogP contribution is -2.21.